The molecule has 0 saturated carbocycles. The normalized spacial score (nSPS) is 12.1. The van der Waals surface area contributed by atoms with E-state index in [1.807, 2.05) is 6.92 Å². The molecule has 0 radical (unpaired) electrons. The Labute approximate surface area is 54.4 Å². The minimum Gasteiger partial charge on any atom is -0.307 e. The maximum absolute atomic E-state index is 6.53. The lowest BCUT2D eigenvalue weighted by Crippen LogP contribution is -1.70. The Bertz CT molecular complexity index is 144. The van der Waals surface area contributed by atoms with Crippen molar-refractivity contribution in [1.82, 2.24) is 0 Å². The van der Waals surface area contributed by atoms with Crippen molar-refractivity contribution < 1.29 is 0 Å². The summed E-state index contributed by atoms with van der Waals surface area (Å²) in [5, 5.41) is 6.53. The van der Waals surface area contributed by atoms with E-state index in [2.05, 4.69) is 9.98 Å². The van der Waals surface area contributed by atoms with Crippen LogP contribution in [0.1, 0.15) is 6.92 Å². The fraction of sp³-hybridized carbons (Fsp3) is 0.167. The van der Waals surface area contributed by atoms with E-state index in [1.54, 1.807) is 12.3 Å². The molecule has 0 aliphatic carbocycles. The van der Waals surface area contributed by atoms with Gasteiger partial charge in [0.15, 0.2) is 0 Å². The van der Waals surface area contributed by atoms with Crippen LogP contribution in [-0.4, -0.2) is 18.8 Å². The van der Waals surface area contributed by atoms with Crippen molar-refractivity contribution in [3.05, 3.63) is 12.3 Å². The van der Waals surface area contributed by atoms with Crippen molar-refractivity contribution in [1.29, 1.82) is 5.41 Å². The van der Waals surface area contributed by atoms with Crippen molar-refractivity contribution in [2.24, 2.45) is 9.98 Å². The number of allylic oxidation sites excluding steroid dienone is 1. The van der Waals surface area contributed by atoms with Crippen LogP contribution in [0.3, 0.4) is 0 Å². The van der Waals surface area contributed by atoms with Crippen molar-refractivity contribution in [2.75, 3.05) is 0 Å². The van der Waals surface area contributed by atoms with Crippen LogP contribution in [0, 0.1) is 5.41 Å². The van der Waals surface area contributed by atoms with E-state index in [0.717, 1.165) is 6.21 Å². The lowest BCUT2D eigenvalue weighted by atomic mass is 10.7. The summed E-state index contributed by atoms with van der Waals surface area (Å²) < 4.78 is 0. The first kappa shape index (κ1) is 7.75. The SMILES string of the molecule is C/C=C/N=CN=CC=N. The molecule has 0 saturated heterocycles. The fourth-order valence-corrected chi connectivity index (χ4v) is 0.245. The molecule has 0 aromatic heterocycles. The molecule has 0 heterocycles. The highest BCUT2D eigenvalue weighted by atomic mass is 14.8. The molecule has 0 atom stereocenters. The summed E-state index contributed by atoms with van der Waals surface area (Å²) in [4.78, 5) is 7.34. The summed E-state index contributed by atoms with van der Waals surface area (Å²) in [6, 6.07) is 0. The van der Waals surface area contributed by atoms with E-state index in [1.165, 1.54) is 12.6 Å². The van der Waals surface area contributed by atoms with E-state index in [4.69, 9.17) is 5.41 Å². The highest BCUT2D eigenvalue weighted by Crippen LogP contribution is 1.69. The largest absolute Gasteiger partial charge is 0.307 e. The average Bonchev–Trinajstić information content (AvgIpc) is 1.89. The second-order valence-electron chi connectivity index (χ2n) is 1.21. The molecule has 0 fully saturated rings. The van der Waals surface area contributed by atoms with Gasteiger partial charge in [-0.25, -0.2) is 9.98 Å². The maximum Gasteiger partial charge on any atom is 0.115 e. The van der Waals surface area contributed by atoms with Crippen molar-refractivity contribution in [2.45, 2.75) is 6.92 Å². The predicted molar refractivity (Wildman–Crippen MR) is 40.6 cm³/mol. The first-order valence-corrected chi connectivity index (χ1v) is 2.57. The molecule has 0 aromatic rings. The van der Waals surface area contributed by atoms with Gasteiger partial charge in [0.1, 0.15) is 6.34 Å². The van der Waals surface area contributed by atoms with Crippen LogP contribution >= 0.6 is 0 Å². The first-order valence-electron chi connectivity index (χ1n) is 2.57. The van der Waals surface area contributed by atoms with Gasteiger partial charge in [-0.2, -0.15) is 0 Å². The van der Waals surface area contributed by atoms with E-state index < -0.39 is 0 Å². The van der Waals surface area contributed by atoms with Gasteiger partial charge >= 0.3 is 0 Å². The minimum absolute atomic E-state index is 1.10. The monoisotopic (exact) mass is 123 g/mol. The summed E-state index contributed by atoms with van der Waals surface area (Å²) in [6.07, 6.45) is 7.26. The topological polar surface area (TPSA) is 48.6 Å². The third-order valence-corrected chi connectivity index (χ3v) is 0.529. The molecule has 0 rings (SSSR count). The number of hydrogen-bond acceptors (Lipinski definition) is 2. The van der Waals surface area contributed by atoms with Crippen molar-refractivity contribution >= 4 is 18.8 Å². The van der Waals surface area contributed by atoms with E-state index in [0.29, 0.717) is 0 Å². The highest BCUT2D eigenvalue weighted by Gasteiger charge is 1.58. The Morgan fingerprint density at radius 2 is 2.11 bits per heavy atom. The lowest BCUT2D eigenvalue weighted by Gasteiger charge is -1.70. The lowest BCUT2D eigenvalue weighted by molar-refractivity contribution is 1.52. The van der Waals surface area contributed by atoms with Gasteiger partial charge in [-0.05, 0) is 6.92 Å². The van der Waals surface area contributed by atoms with Gasteiger partial charge in [-0.1, -0.05) is 6.08 Å². The van der Waals surface area contributed by atoms with E-state index in [9.17, 15) is 0 Å². The molecule has 0 aliphatic heterocycles. The summed E-state index contributed by atoms with van der Waals surface area (Å²) in [7, 11) is 0. The number of hydrogen-bond donors (Lipinski definition) is 1. The van der Waals surface area contributed by atoms with Crippen LogP contribution in [0.2, 0.25) is 0 Å². The zero-order valence-corrected chi connectivity index (χ0v) is 5.28. The second-order valence-corrected chi connectivity index (χ2v) is 1.21. The summed E-state index contributed by atoms with van der Waals surface area (Å²) >= 11 is 0. The molecule has 9 heavy (non-hydrogen) atoms. The molecule has 1 N–H and O–H groups in total. The van der Waals surface area contributed by atoms with Crippen LogP contribution in [0.5, 0.6) is 0 Å². The van der Waals surface area contributed by atoms with Gasteiger partial charge in [-0.3, -0.25) is 0 Å². The summed E-state index contributed by atoms with van der Waals surface area (Å²) in [6.45, 7) is 1.87. The highest BCUT2D eigenvalue weighted by molar-refractivity contribution is 6.16. The molecule has 3 heteroatoms. The molecule has 0 bridgehead atoms. The van der Waals surface area contributed by atoms with Crippen LogP contribution in [0.4, 0.5) is 0 Å². The quantitative estimate of drug-likeness (QED) is 0.434. The van der Waals surface area contributed by atoms with Crippen LogP contribution in [0.25, 0.3) is 0 Å². The molecule has 0 aromatic carbocycles. The molecule has 48 valence electrons. The fourth-order valence-electron chi connectivity index (χ4n) is 0.245. The Hall–Kier alpha value is -1.25. The molecular formula is C6H9N3. The Kier molecular flexibility index (Phi) is 5.81. The van der Waals surface area contributed by atoms with Gasteiger partial charge in [0, 0.05) is 18.6 Å². The van der Waals surface area contributed by atoms with Crippen LogP contribution in [0.15, 0.2) is 22.3 Å². The standard InChI is InChI=1S/C6H9N3/c1-2-4-8-6-9-5-3-7/h2-7H,1H3/b4-2+,7-3?,8-6?,9-5?. The molecule has 0 spiro atoms. The number of nitrogens with one attached hydrogen (secondary N) is 1. The molecule has 0 unspecified atom stereocenters. The van der Waals surface area contributed by atoms with Gasteiger partial charge in [0.05, 0.1) is 0 Å². The molecule has 3 nitrogen and oxygen atoms in total. The maximum atomic E-state index is 6.53. The number of rotatable bonds is 3. The Morgan fingerprint density at radius 1 is 1.33 bits per heavy atom. The van der Waals surface area contributed by atoms with Crippen LogP contribution < -0.4 is 0 Å². The van der Waals surface area contributed by atoms with E-state index >= 15 is 0 Å². The van der Waals surface area contributed by atoms with Crippen molar-refractivity contribution in [3.63, 3.8) is 0 Å². The third kappa shape index (κ3) is 6.75. The summed E-state index contributed by atoms with van der Waals surface area (Å²) in [5.74, 6) is 0. The number of nitrogens with zero attached hydrogens (tertiary/aromatic N) is 2. The second kappa shape index (κ2) is 6.75. The van der Waals surface area contributed by atoms with Gasteiger partial charge in [-0.15, -0.1) is 0 Å². The molecular weight excluding hydrogens is 114 g/mol. The van der Waals surface area contributed by atoms with Gasteiger partial charge in [0.25, 0.3) is 0 Å². The third-order valence-electron chi connectivity index (χ3n) is 0.529. The average molecular weight is 123 g/mol. The van der Waals surface area contributed by atoms with Gasteiger partial charge in [0.2, 0.25) is 0 Å². The number of aliphatic imine (C=N–C) groups is 2. The molecule has 0 amide bonds. The van der Waals surface area contributed by atoms with Crippen LogP contribution in [-0.2, 0) is 0 Å². The smallest absolute Gasteiger partial charge is 0.115 e. The summed E-state index contributed by atoms with van der Waals surface area (Å²) in [5.41, 5.74) is 0. The minimum atomic E-state index is 1.10. The Balaban J connectivity index is 3.46. The van der Waals surface area contributed by atoms with Gasteiger partial charge < -0.3 is 5.41 Å². The first-order chi connectivity index (χ1) is 4.41. The predicted octanol–water partition coefficient (Wildman–Crippen LogP) is 1.27. The van der Waals surface area contributed by atoms with E-state index in [-0.39, 0.29) is 0 Å². The van der Waals surface area contributed by atoms with Crippen molar-refractivity contribution in [3.8, 4) is 0 Å². The zero-order chi connectivity index (χ0) is 6.95. The zero-order valence-electron chi connectivity index (χ0n) is 5.28. The Morgan fingerprint density at radius 3 is 2.67 bits per heavy atom. The molecule has 0 aliphatic rings.